The smallest absolute Gasteiger partial charge is 0.305 e. The summed E-state index contributed by atoms with van der Waals surface area (Å²) >= 11 is 0. The Hall–Kier alpha value is -12.3. The quantitative estimate of drug-likeness (QED) is 0.0420. The van der Waals surface area contributed by atoms with Gasteiger partial charge in [-0.15, -0.1) is 0 Å². The number of unbranched alkanes of at least 4 members (excludes halogenated alkanes) is 1. The van der Waals surface area contributed by atoms with Crippen LogP contribution in [0.25, 0.3) is 21.8 Å². The van der Waals surface area contributed by atoms with Crippen molar-refractivity contribution in [3.05, 3.63) is 149 Å². The molecule has 4 aromatic carbocycles. The first-order valence-electron chi connectivity index (χ1n) is 35.4. The number of aromatic amines is 3. The van der Waals surface area contributed by atoms with Crippen molar-refractivity contribution >= 4 is 98.7 Å². The Morgan fingerprint density at radius 2 is 1.25 bits per heavy atom. The lowest BCUT2D eigenvalue weighted by atomic mass is 9.94. The third-order valence-corrected chi connectivity index (χ3v) is 19.0. The number of halogens is 2. The van der Waals surface area contributed by atoms with Crippen LogP contribution >= 0.6 is 0 Å². The van der Waals surface area contributed by atoms with E-state index in [1.54, 1.807) is 36.4 Å². The number of hydrogen-bond acceptors (Lipinski definition) is 17. The molecular formula is C74H89F2N17O16. The number of fused-ring (bicyclic) bond motifs is 35. The maximum absolute atomic E-state index is 15.3. The Morgan fingerprint density at radius 1 is 0.679 bits per heavy atom. The third kappa shape index (κ3) is 21.9. The number of carbonyl (C=O) groups excluding carboxylic acids is 12. The van der Waals surface area contributed by atoms with Crippen LogP contribution in [0.1, 0.15) is 93.7 Å². The van der Waals surface area contributed by atoms with E-state index in [4.69, 9.17) is 20.9 Å². The van der Waals surface area contributed by atoms with E-state index in [1.165, 1.54) is 87.2 Å². The molecule has 0 unspecified atom stereocenters. The minimum atomic E-state index is -2.08. The van der Waals surface area contributed by atoms with Crippen molar-refractivity contribution in [3.63, 3.8) is 0 Å². The zero-order chi connectivity index (χ0) is 78.6. The molecule has 1 fully saturated rings. The average molecular weight is 1510 g/mol. The molecule has 7 aromatic rings. The SMILES string of the molecule is COc1ccc(C[C@@H]2NC(=O)[C@H](Cc3cnc[nH]3)NC(=O)[C@@H](CC(=O)O)NC(=O)[C@H](Cc3c[nH]c4ccc(F)cc34)NC(=O)[C@H](Cc3c[nH]c4ccc(F)cc34)NC(=O)[C@@H](C)NC(=O)[C@H](CCCCN)NC(=O)[C@@H](NC(C)=O)CCNC(=O)COc3ccc(cc3)C[C@@H](C(N)=O)NC(=O)[C@]3(C)CCCN3C2=O)cc1. The summed E-state index contributed by atoms with van der Waals surface area (Å²) in [7, 11) is 1.44. The van der Waals surface area contributed by atoms with E-state index >= 15 is 23.6 Å². The van der Waals surface area contributed by atoms with Crippen LogP contribution in [0.2, 0.25) is 0 Å². The van der Waals surface area contributed by atoms with Crippen LogP contribution in [0.4, 0.5) is 8.78 Å². The van der Waals surface area contributed by atoms with Crippen LogP contribution in [0.15, 0.2) is 110 Å². The molecule has 3 aliphatic rings. The molecule has 10 rings (SSSR count). The van der Waals surface area contributed by atoms with Gasteiger partial charge in [0.05, 0.1) is 19.9 Å². The maximum Gasteiger partial charge on any atom is 0.305 e. The monoisotopic (exact) mass is 1510 g/mol. The molecule has 1 saturated heterocycles. The summed E-state index contributed by atoms with van der Waals surface area (Å²) in [5, 5.41) is 36.9. The Kier molecular flexibility index (Phi) is 27.6. The third-order valence-electron chi connectivity index (χ3n) is 19.0. The molecule has 109 heavy (non-hydrogen) atoms. The van der Waals surface area contributed by atoms with Gasteiger partial charge in [0.1, 0.15) is 83.0 Å². The first kappa shape index (κ1) is 80.8. The number of carboxylic acids is 1. The van der Waals surface area contributed by atoms with Crippen LogP contribution in [0, 0.1) is 11.6 Å². The van der Waals surface area contributed by atoms with Crippen LogP contribution in [0.3, 0.4) is 0 Å². The van der Waals surface area contributed by atoms with E-state index in [9.17, 15) is 52.6 Å². The van der Waals surface area contributed by atoms with Crippen LogP contribution in [-0.4, -0.2) is 200 Å². The highest BCUT2D eigenvalue weighted by molar-refractivity contribution is 6.01. The molecule has 0 saturated carbocycles. The standard InChI is InChI=1S/C74H89F2N17O16/c1-39-65(99)87-57(28-43-34-81-52-19-13-45(75)30-50(43)52)68(102)88-58(29-44-35-82-53-20-14-46(76)31-51(44)53)69(103)90-60(33-63(96)97)71(105)89-59(32-47-36-79-38-83-47)70(104)91-61(27-42-9-15-48(108-4)16-10-42)72(106)93-25-7-22-74(93,3)73(107)92-56(64(78)98)26-41-11-17-49(18-12-41)109-37-62(95)80-24-21-55(85-40(2)94)67(101)86-54(66(100)84-39)8-5-6-23-77/h9-20,30-31,34-36,38-39,54-61,81-82H,5-8,21-29,32-33,37,77H2,1-4H3,(H2,78,98)(H,79,83)(H,80,95)(H,84,100)(H,85,94)(H,86,101)(H,87,99)(H,88,102)(H,89,105)(H,90,103)(H,91,104)(H,92,107)(H,96,97)/t39-,54+,55+,56+,57+,58+,59+,60-,61+,74+/m1/s1. The van der Waals surface area contributed by atoms with Gasteiger partial charge in [-0.05, 0) is 142 Å². The molecule has 0 aliphatic carbocycles. The zero-order valence-corrected chi connectivity index (χ0v) is 60.3. The molecule has 3 aliphatic heterocycles. The zero-order valence-electron chi connectivity index (χ0n) is 60.3. The number of amides is 12. The van der Waals surface area contributed by atoms with Gasteiger partial charge in [0.2, 0.25) is 65.0 Å². The number of carboxylic acid groups (broad SMARTS) is 1. The number of benzene rings is 4. The van der Waals surface area contributed by atoms with Gasteiger partial charge in [0.15, 0.2) is 6.61 Å². The van der Waals surface area contributed by atoms with Crippen molar-refractivity contribution < 1.29 is 85.7 Å². The number of nitrogens with zero attached hydrogens (tertiary/aromatic N) is 2. The summed E-state index contributed by atoms with van der Waals surface area (Å²) in [6.45, 7) is 3.35. The van der Waals surface area contributed by atoms with Gasteiger partial charge in [-0.2, -0.15) is 0 Å². The highest BCUT2D eigenvalue weighted by Gasteiger charge is 2.49. The highest BCUT2D eigenvalue weighted by Crippen LogP contribution is 2.32. The topological polar surface area (TPSA) is 496 Å². The number of nitrogens with two attached hydrogens (primary N) is 2. The molecular weight excluding hydrogens is 1420 g/mol. The van der Waals surface area contributed by atoms with Gasteiger partial charge < -0.3 is 99.1 Å². The number of carbonyl (C=O) groups is 13. The summed E-state index contributed by atoms with van der Waals surface area (Å²) in [6.07, 6.45) is 3.33. The maximum atomic E-state index is 15.3. The van der Waals surface area contributed by atoms with Crippen LogP contribution in [-0.2, 0) is 94.4 Å². The summed E-state index contributed by atoms with van der Waals surface area (Å²) in [5.74, 6) is -13.5. The van der Waals surface area contributed by atoms with Crippen LogP contribution in [0.5, 0.6) is 11.5 Å². The number of rotatable bonds is 17. The molecule has 10 atom stereocenters. The van der Waals surface area contributed by atoms with E-state index in [2.05, 4.69) is 73.1 Å². The fraction of sp³-hybridized carbons (Fsp3) is 0.405. The molecule has 12 amide bonds. The minimum absolute atomic E-state index is 0.0210. The molecule has 6 heterocycles. The summed E-state index contributed by atoms with van der Waals surface area (Å²) in [5.41, 5.74) is 12.5. The fourth-order valence-electron chi connectivity index (χ4n) is 13.0. The van der Waals surface area contributed by atoms with Gasteiger partial charge in [-0.1, -0.05) is 24.3 Å². The summed E-state index contributed by atoms with van der Waals surface area (Å²) in [4.78, 5) is 199. The van der Waals surface area contributed by atoms with Crippen molar-refractivity contribution in [2.75, 3.05) is 33.4 Å². The molecule has 2 bridgehead atoms. The predicted octanol–water partition coefficient (Wildman–Crippen LogP) is -0.0558. The lowest BCUT2D eigenvalue weighted by Crippen LogP contribution is -2.63. The molecule has 580 valence electrons. The molecule has 0 spiro atoms. The number of primary amides is 1. The van der Waals surface area contributed by atoms with E-state index < -0.39 is 181 Å². The highest BCUT2D eigenvalue weighted by atomic mass is 19.1. The number of aromatic nitrogens is 4. The first-order chi connectivity index (χ1) is 52.1. The summed E-state index contributed by atoms with van der Waals surface area (Å²) < 4.78 is 41.1. The average Bonchev–Trinajstić information content (AvgIpc) is 1.91. The fourth-order valence-corrected chi connectivity index (χ4v) is 13.0. The number of ether oxygens (including phenoxy) is 2. The summed E-state index contributed by atoms with van der Waals surface area (Å²) in [6, 6.07) is 5.60. The Balaban J connectivity index is 1.08. The molecule has 18 N–H and O–H groups in total. The first-order valence-corrected chi connectivity index (χ1v) is 35.4. The van der Waals surface area contributed by atoms with Gasteiger partial charge in [0, 0.05) is 98.2 Å². The van der Waals surface area contributed by atoms with E-state index in [0.717, 1.165) is 19.1 Å². The molecule has 35 heteroatoms. The lowest BCUT2D eigenvalue weighted by molar-refractivity contribution is -0.147. The van der Waals surface area contributed by atoms with Gasteiger partial charge >= 0.3 is 5.97 Å². The van der Waals surface area contributed by atoms with Crippen LogP contribution < -0.4 is 74.1 Å². The van der Waals surface area contributed by atoms with Crippen molar-refractivity contribution in [1.82, 2.24) is 78.0 Å². The van der Waals surface area contributed by atoms with Gasteiger partial charge in [0.25, 0.3) is 5.91 Å². The molecule has 33 nitrogen and oxygen atoms in total. The number of H-pyrrole nitrogens is 3. The number of nitrogens with one attached hydrogen (secondary N) is 13. The Labute approximate surface area is 623 Å². The predicted molar refractivity (Wildman–Crippen MR) is 389 cm³/mol. The van der Waals surface area contributed by atoms with Gasteiger partial charge in [-0.25, -0.2) is 13.8 Å². The number of imidazole rings is 1. The normalized spacial score (nSPS) is 23.2. The molecule has 3 aromatic heterocycles. The molecule has 0 radical (unpaired) electrons. The van der Waals surface area contributed by atoms with Crippen molar-refractivity contribution in [3.8, 4) is 11.5 Å². The van der Waals surface area contributed by atoms with Crippen molar-refractivity contribution in [2.24, 2.45) is 11.5 Å². The Morgan fingerprint density at radius 3 is 1.82 bits per heavy atom. The Bertz CT molecular complexity index is 4480. The van der Waals surface area contributed by atoms with Crippen molar-refractivity contribution in [1.29, 1.82) is 0 Å². The number of aliphatic carboxylic acids is 1. The number of hydrogen-bond donors (Lipinski definition) is 16. The van der Waals surface area contributed by atoms with E-state index in [0.29, 0.717) is 34.3 Å². The van der Waals surface area contributed by atoms with Gasteiger partial charge in [-0.3, -0.25) is 62.3 Å². The minimum Gasteiger partial charge on any atom is -0.497 e. The second kappa shape index (κ2) is 37.3. The number of methoxy groups -OCH3 is 1. The largest absolute Gasteiger partial charge is 0.497 e. The second-order valence-corrected chi connectivity index (χ2v) is 27.1. The lowest BCUT2D eigenvalue weighted by Gasteiger charge is -2.37. The van der Waals surface area contributed by atoms with E-state index in [1.807, 2.05) is 0 Å². The van der Waals surface area contributed by atoms with E-state index in [-0.39, 0.29) is 97.9 Å². The second-order valence-electron chi connectivity index (χ2n) is 27.1. The van der Waals surface area contributed by atoms with Crippen molar-refractivity contribution in [2.45, 2.75) is 158 Å².